The lowest BCUT2D eigenvalue weighted by molar-refractivity contribution is -0.139. The minimum atomic E-state index is -3.81. The summed E-state index contributed by atoms with van der Waals surface area (Å²) in [5, 5.41) is 2.65. The standard InChI is InChI=1S/C23H30FN3O4S/c1-6-25-23(29)18(4)26(14-19-9-7-8-10-21(19)24)22(28)15-27(32(5,30)31)20-12-16(2)11-17(3)13-20/h7-13,18H,6,14-15H2,1-5H3,(H,25,29)/t18-/m1/s1. The molecule has 0 aliphatic heterocycles. The Hall–Kier alpha value is -2.94. The van der Waals surface area contributed by atoms with Crippen LogP contribution in [-0.4, -0.2) is 50.5 Å². The molecule has 0 aliphatic rings. The fourth-order valence-corrected chi connectivity index (χ4v) is 4.26. The Bertz CT molecular complexity index is 1070. The quantitative estimate of drug-likeness (QED) is 0.620. The SMILES string of the molecule is CCNC(=O)[C@@H](C)N(Cc1ccccc1F)C(=O)CN(c1cc(C)cc(C)c1)S(C)(=O)=O. The smallest absolute Gasteiger partial charge is 0.244 e. The molecule has 2 aromatic rings. The van der Waals surface area contributed by atoms with E-state index < -0.39 is 40.2 Å². The van der Waals surface area contributed by atoms with Gasteiger partial charge in [0.2, 0.25) is 21.8 Å². The van der Waals surface area contributed by atoms with E-state index in [2.05, 4.69) is 5.32 Å². The van der Waals surface area contributed by atoms with Crippen molar-refractivity contribution in [2.45, 2.75) is 40.3 Å². The number of aryl methyl sites for hydroxylation is 2. The van der Waals surface area contributed by atoms with Crippen LogP contribution in [0.5, 0.6) is 0 Å². The number of hydrogen-bond acceptors (Lipinski definition) is 4. The number of likely N-dealkylation sites (N-methyl/N-ethyl adjacent to an activating group) is 1. The highest BCUT2D eigenvalue weighted by Gasteiger charge is 2.30. The van der Waals surface area contributed by atoms with Gasteiger partial charge in [0.05, 0.1) is 11.9 Å². The molecular formula is C23H30FN3O4S. The summed E-state index contributed by atoms with van der Waals surface area (Å²) in [6, 6.07) is 10.3. The van der Waals surface area contributed by atoms with E-state index in [0.717, 1.165) is 21.7 Å². The number of carbonyl (C=O) groups excluding carboxylic acids is 2. The van der Waals surface area contributed by atoms with Crippen LogP contribution >= 0.6 is 0 Å². The lowest BCUT2D eigenvalue weighted by Gasteiger charge is -2.31. The average molecular weight is 464 g/mol. The number of carbonyl (C=O) groups is 2. The molecule has 2 amide bonds. The van der Waals surface area contributed by atoms with Crippen molar-refractivity contribution < 1.29 is 22.4 Å². The van der Waals surface area contributed by atoms with E-state index in [1.165, 1.54) is 30.0 Å². The molecule has 1 N–H and O–H groups in total. The number of nitrogens with one attached hydrogen (secondary N) is 1. The molecule has 0 unspecified atom stereocenters. The van der Waals surface area contributed by atoms with Crippen LogP contribution in [0, 0.1) is 19.7 Å². The van der Waals surface area contributed by atoms with Gasteiger partial charge in [0.25, 0.3) is 0 Å². The number of halogens is 1. The third-order valence-electron chi connectivity index (χ3n) is 4.99. The topological polar surface area (TPSA) is 86.8 Å². The molecule has 0 bridgehead atoms. The van der Waals surface area contributed by atoms with Gasteiger partial charge in [0.1, 0.15) is 18.4 Å². The molecular weight excluding hydrogens is 433 g/mol. The van der Waals surface area contributed by atoms with Gasteiger partial charge in [-0.15, -0.1) is 0 Å². The van der Waals surface area contributed by atoms with Crippen LogP contribution in [0.2, 0.25) is 0 Å². The van der Waals surface area contributed by atoms with E-state index in [0.29, 0.717) is 12.2 Å². The molecule has 7 nitrogen and oxygen atoms in total. The Labute approximate surface area is 189 Å². The van der Waals surface area contributed by atoms with Crippen molar-refractivity contribution in [3.63, 3.8) is 0 Å². The summed E-state index contributed by atoms with van der Waals surface area (Å²) < 4.78 is 40.4. The Kier molecular flexibility index (Phi) is 8.38. The zero-order valence-electron chi connectivity index (χ0n) is 19.1. The van der Waals surface area contributed by atoms with Crippen molar-refractivity contribution in [3.8, 4) is 0 Å². The summed E-state index contributed by atoms with van der Waals surface area (Å²) in [5.41, 5.74) is 2.28. The molecule has 32 heavy (non-hydrogen) atoms. The van der Waals surface area contributed by atoms with E-state index >= 15 is 0 Å². The molecule has 0 fully saturated rings. The minimum Gasteiger partial charge on any atom is -0.355 e. The van der Waals surface area contributed by atoms with Crippen LogP contribution in [0.15, 0.2) is 42.5 Å². The van der Waals surface area contributed by atoms with Gasteiger partial charge in [-0.1, -0.05) is 24.3 Å². The van der Waals surface area contributed by atoms with Gasteiger partial charge < -0.3 is 10.2 Å². The summed E-state index contributed by atoms with van der Waals surface area (Å²) in [6.07, 6.45) is 1.02. The first-order valence-electron chi connectivity index (χ1n) is 10.3. The number of nitrogens with zero attached hydrogens (tertiary/aromatic N) is 2. The number of anilines is 1. The maximum absolute atomic E-state index is 14.3. The van der Waals surface area contributed by atoms with Gasteiger partial charge in [0, 0.05) is 18.7 Å². The Balaban J connectivity index is 2.43. The van der Waals surface area contributed by atoms with Crippen molar-refractivity contribution in [1.29, 1.82) is 0 Å². The van der Waals surface area contributed by atoms with Gasteiger partial charge in [-0.3, -0.25) is 13.9 Å². The highest BCUT2D eigenvalue weighted by Crippen LogP contribution is 2.22. The molecule has 1 atom stereocenters. The zero-order valence-corrected chi connectivity index (χ0v) is 19.9. The number of rotatable bonds is 9. The fraction of sp³-hybridized carbons (Fsp3) is 0.391. The predicted octanol–water partition coefficient (Wildman–Crippen LogP) is 2.76. The number of benzene rings is 2. The van der Waals surface area contributed by atoms with E-state index in [-0.39, 0.29) is 12.1 Å². The van der Waals surface area contributed by atoms with E-state index in [1.54, 1.807) is 25.1 Å². The molecule has 2 rings (SSSR count). The second-order valence-corrected chi connectivity index (χ2v) is 9.71. The first-order valence-corrected chi connectivity index (χ1v) is 12.2. The summed E-state index contributed by atoms with van der Waals surface area (Å²) in [6.45, 7) is 6.63. The maximum Gasteiger partial charge on any atom is 0.244 e. The summed E-state index contributed by atoms with van der Waals surface area (Å²) in [4.78, 5) is 27.0. The Morgan fingerprint density at radius 1 is 1.09 bits per heavy atom. The van der Waals surface area contributed by atoms with Crippen molar-refractivity contribution in [2.75, 3.05) is 23.7 Å². The number of hydrogen-bond donors (Lipinski definition) is 1. The number of amides is 2. The fourth-order valence-electron chi connectivity index (χ4n) is 3.42. The largest absolute Gasteiger partial charge is 0.355 e. The summed E-state index contributed by atoms with van der Waals surface area (Å²) in [5.74, 6) is -1.53. The second kappa shape index (κ2) is 10.6. The Morgan fingerprint density at radius 3 is 2.22 bits per heavy atom. The van der Waals surface area contributed by atoms with E-state index in [4.69, 9.17) is 0 Å². The molecule has 0 heterocycles. The Morgan fingerprint density at radius 2 is 1.69 bits per heavy atom. The molecule has 174 valence electrons. The third kappa shape index (κ3) is 6.53. The van der Waals surface area contributed by atoms with Crippen molar-refractivity contribution >= 4 is 27.5 Å². The molecule has 0 saturated carbocycles. The second-order valence-electron chi connectivity index (χ2n) is 7.80. The van der Waals surface area contributed by atoms with Gasteiger partial charge in [-0.2, -0.15) is 0 Å². The molecule has 0 aliphatic carbocycles. The highest BCUT2D eigenvalue weighted by atomic mass is 32.2. The molecule has 0 radical (unpaired) electrons. The van der Waals surface area contributed by atoms with Gasteiger partial charge in [-0.25, -0.2) is 12.8 Å². The monoisotopic (exact) mass is 463 g/mol. The maximum atomic E-state index is 14.3. The average Bonchev–Trinajstić information content (AvgIpc) is 2.69. The molecule has 2 aromatic carbocycles. The van der Waals surface area contributed by atoms with Crippen LogP contribution in [0.4, 0.5) is 10.1 Å². The van der Waals surface area contributed by atoms with Crippen molar-refractivity contribution in [2.24, 2.45) is 0 Å². The van der Waals surface area contributed by atoms with Gasteiger partial charge in [0.15, 0.2) is 0 Å². The van der Waals surface area contributed by atoms with Crippen molar-refractivity contribution in [3.05, 3.63) is 65.0 Å². The lowest BCUT2D eigenvalue weighted by atomic mass is 10.1. The van der Waals surface area contributed by atoms with Gasteiger partial charge in [-0.05, 0) is 57.0 Å². The molecule has 0 spiro atoms. The highest BCUT2D eigenvalue weighted by molar-refractivity contribution is 7.92. The summed E-state index contributed by atoms with van der Waals surface area (Å²) in [7, 11) is -3.81. The van der Waals surface area contributed by atoms with E-state index in [1.807, 2.05) is 19.9 Å². The van der Waals surface area contributed by atoms with Crippen LogP contribution in [0.3, 0.4) is 0 Å². The molecule has 0 aromatic heterocycles. The lowest BCUT2D eigenvalue weighted by Crippen LogP contribution is -2.51. The predicted molar refractivity (Wildman–Crippen MR) is 123 cm³/mol. The van der Waals surface area contributed by atoms with E-state index in [9.17, 15) is 22.4 Å². The first kappa shape index (κ1) is 25.3. The van der Waals surface area contributed by atoms with Crippen LogP contribution in [0.25, 0.3) is 0 Å². The normalized spacial score (nSPS) is 12.2. The van der Waals surface area contributed by atoms with Crippen LogP contribution < -0.4 is 9.62 Å². The zero-order chi connectivity index (χ0) is 24.1. The van der Waals surface area contributed by atoms with Gasteiger partial charge >= 0.3 is 0 Å². The molecule has 9 heteroatoms. The third-order valence-corrected chi connectivity index (χ3v) is 6.13. The first-order chi connectivity index (χ1) is 14.9. The van der Waals surface area contributed by atoms with Crippen molar-refractivity contribution in [1.82, 2.24) is 10.2 Å². The van der Waals surface area contributed by atoms with Crippen LogP contribution in [0.1, 0.15) is 30.5 Å². The number of sulfonamides is 1. The minimum absolute atomic E-state index is 0.172. The van der Waals surface area contributed by atoms with Crippen LogP contribution in [-0.2, 0) is 26.2 Å². The summed E-state index contributed by atoms with van der Waals surface area (Å²) >= 11 is 0. The molecule has 0 saturated heterocycles.